The molecule has 0 unspecified atom stereocenters. The van der Waals surface area contributed by atoms with Crippen LogP contribution < -0.4 is 15.1 Å². The van der Waals surface area contributed by atoms with Crippen molar-refractivity contribution in [3.05, 3.63) is 42.4 Å². The molecule has 0 bridgehead atoms. The van der Waals surface area contributed by atoms with E-state index in [1.165, 1.54) is 0 Å². The molecule has 2 aromatic heterocycles. The summed E-state index contributed by atoms with van der Waals surface area (Å²) in [5.41, 5.74) is 2.67. The molecule has 0 saturated carbocycles. The third-order valence-corrected chi connectivity index (χ3v) is 5.17. The third-order valence-electron chi connectivity index (χ3n) is 5.17. The highest BCUT2D eigenvalue weighted by Crippen LogP contribution is 2.28. The van der Waals surface area contributed by atoms with E-state index < -0.39 is 0 Å². The van der Waals surface area contributed by atoms with Crippen LogP contribution in [0, 0.1) is 12.3 Å². The van der Waals surface area contributed by atoms with Gasteiger partial charge in [0.15, 0.2) is 5.82 Å². The van der Waals surface area contributed by atoms with Gasteiger partial charge in [-0.1, -0.05) is 32.4 Å². The normalized spacial score (nSPS) is 14.0. The summed E-state index contributed by atoms with van der Waals surface area (Å²) in [5, 5.41) is 4.11. The zero-order valence-electron chi connectivity index (χ0n) is 17.9. The van der Waals surface area contributed by atoms with Crippen LogP contribution in [0.2, 0.25) is 0 Å². The van der Waals surface area contributed by atoms with Gasteiger partial charge < -0.3 is 24.8 Å². The molecule has 1 aromatic carbocycles. The Kier molecular flexibility index (Phi) is 7.68. The number of rotatable bonds is 7. The fourth-order valence-corrected chi connectivity index (χ4v) is 3.58. The van der Waals surface area contributed by atoms with E-state index in [9.17, 15) is 0 Å². The molecule has 0 spiro atoms. The third kappa shape index (κ3) is 4.84. The molecule has 0 radical (unpaired) electrons. The van der Waals surface area contributed by atoms with E-state index in [1.807, 2.05) is 41.6 Å². The molecule has 8 heteroatoms. The van der Waals surface area contributed by atoms with Gasteiger partial charge in [0.1, 0.15) is 5.70 Å². The highest BCUT2D eigenvalue weighted by Gasteiger charge is 2.20. The van der Waals surface area contributed by atoms with Crippen molar-refractivity contribution in [1.82, 2.24) is 25.3 Å². The molecule has 3 aromatic rings. The fraction of sp³-hybridized carbons (Fsp3) is 0.375. The van der Waals surface area contributed by atoms with Crippen molar-refractivity contribution in [2.24, 2.45) is 0 Å². The molecule has 3 heterocycles. The Balaban J connectivity index is 0.00000193. The number of fused-ring (bicyclic) bond motifs is 1. The number of nitrogens with zero attached hydrogens (tertiary/aromatic N) is 5. The second-order valence-electron chi connectivity index (χ2n) is 7.23. The Morgan fingerprint density at radius 2 is 2.12 bits per heavy atom. The Bertz CT molecular complexity index is 1120. The largest absolute Gasteiger partial charge is 0.380 e. The van der Waals surface area contributed by atoms with E-state index >= 15 is 0 Å². The first-order valence-electron chi connectivity index (χ1n) is 10.5. The van der Waals surface area contributed by atoms with Crippen LogP contribution in [0.3, 0.4) is 0 Å². The van der Waals surface area contributed by atoms with Crippen LogP contribution in [0.4, 0.5) is 11.9 Å². The van der Waals surface area contributed by atoms with Crippen LogP contribution in [0.25, 0.3) is 22.3 Å². The molecular weight excluding hydrogens is 402 g/mol. The number of anilines is 2. The first-order chi connectivity index (χ1) is 15.2. The van der Waals surface area contributed by atoms with Crippen LogP contribution in [0.5, 0.6) is 0 Å². The number of H-pyrrole nitrogens is 1. The van der Waals surface area contributed by atoms with Crippen molar-refractivity contribution in [1.29, 1.82) is 0 Å². The smallest absolute Gasteiger partial charge is 0.234 e. The topological polar surface area (TPSA) is 82.2 Å². The molecule has 1 saturated heterocycles. The van der Waals surface area contributed by atoms with Crippen LogP contribution in [0.15, 0.2) is 42.4 Å². The van der Waals surface area contributed by atoms with Crippen molar-refractivity contribution < 1.29 is 6.16 Å². The number of morpholine rings is 1. The predicted molar refractivity (Wildman–Crippen MR) is 133 cm³/mol. The summed E-state index contributed by atoms with van der Waals surface area (Å²) in [7, 11) is 1.81. The maximum Gasteiger partial charge on any atom is 0.234 e. The van der Waals surface area contributed by atoms with Crippen molar-refractivity contribution in [3.63, 3.8) is 0 Å². The van der Waals surface area contributed by atoms with E-state index in [0.29, 0.717) is 36.6 Å². The van der Waals surface area contributed by atoms with Gasteiger partial charge in [0.2, 0.25) is 11.9 Å². The lowest BCUT2D eigenvalue weighted by Crippen LogP contribution is -2.38. The summed E-state index contributed by atoms with van der Waals surface area (Å²) in [4.78, 5) is 21.9. The summed E-state index contributed by atoms with van der Waals surface area (Å²) in [5.74, 6) is 4.52. The van der Waals surface area contributed by atoms with E-state index in [2.05, 4.69) is 28.0 Å². The molecule has 170 valence electrons. The lowest BCUT2D eigenvalue weighted by Gasteiger charge is -2.28. The quantitative estimate of drug-likeness (QED) is 0.548. The van der Waals surface area contributed by atoms with Crippen molar-refractivity contribution in [2.75, 3.05) is 49.7 Å². The summed E-state index contributed by atoms with van der Waals surface area (Å²) < 4.78 is 5.51. The van der Waals surface area contributed by atoms with Gasteiger partial charge >= 0.3 is 0 Å². The summed E-state index contributed by atoms with van der Waals surface area (Å²) in [6, 6.07) is 8.14. The molecular formula is C24H33N7O. The van der Waals surface area contributed by atoms with Gasteiger partial charge in [-0.25, -0.2) is 0 Å². The number of aromatic amines is 1. The first kappa shape index (κ1) is 23.1. The Morgan fingerprint density at radius 1 is 1.31 bits per heavy atom. The van der Waals surface area contributed by atoms with Gasteiger partial charge in [-0.15, -0.1) is 6.42 Å². The molecule has 4 rings (SSSR count). The van der Waals surface area contributed by atoms with Gasteiger partial charge in [-0.3, -0.25) is 0 Å². The fourth-order valence-electron chi connectivity index (χ4n) is 3.58. The van der Waals surface area contributed by atoms with E-state index in [1.54, 1.807) is 7.05 Å². The first-order valence-corrected chi connectivity index (χ1v) is 10.5. The van der Waals surface area contributed by atoms with E-state index in [0.717, 1.165) is 42.5 Å². The molecule has 1 fully saturated rings. The number of allylic oxidation sites excluding steroid dienone is 1. The van der Waals surface area contributed by atoms with Crippen LogP contribution in [0.1, 0.15) is 22.2 Å². The van der Waals surface area contributed by atoms with Gasteiger partial charge in [0.05, 0.1) is 13.2 Å². The zero-order valence-corrected chi connectivity index (χ0v) is 17.9. The Morgan fingerprint density at radius 3 is 2.84 bits per heavy atom. The average molecular weight is 436 g/mol. The second-order valence-corrected chi connectivity index (χ2v) is 7.23. The van der Waals surface area contributed by atoms with E-state index in [4.69, 9.17) is 26.1 Å². The molecule has 32 heavy (non-hydrogen) atoms. The van der Waals surface area contributed by atoms with E-state index in [-0.39, 0.29) is 8.85 Å². The minimum atomic E-state index is 0. The summed E-state index contributed by atoms with van der Waals surface area (Å²) >= 11 is 0. The number of aromatic nitrogens is 4. The van der Waals surface area contributed by atoms with Gasteiger partial charge in [0, 0.05) is 57.0 Å². The number of hydrogen-bond donors (Lipinski definition) is 2. The van der Waals surface area contributed by atoms with Crippen LogP contribution in [-0.2, 0) is 4.74 Å². The lowest BCUT2D eigenvalue weighted by molar-refractivity contribution is 0.122. The van der Waals surface area contributed by atoms with Crippen LogP contribution >= 0.6 is 0 Å². The molecule has 2 N–H and O–H groups in total. The Hall–Kier alpha value is -3.57. The molecule has 1 aliphatic rings. The molecule has 0 aliphatic carbocycles. The average Bonchev–Trinajstić information content (AvgIpc) is 3.31. The number of ether oxygens (including phenoxy) is 1. The minimum Gasteiger partial charge on any atom is -0.380 e. The van der Waals surface area contributed by atoms with Crippen molar-refractivity contribution in [3.8, 4) is 23.7 Å². The highest BCUT2D eigenvalue weighted by molar-refractivity contribution is 5.93. The summed E-state index contributed by atoms with van der Waals surface area (Å²) in [6.45, 7) is 5.64. The van der Waals surface area contributed by atoms with Crippen LogP contribution in [-0.4, -0.2) is 59.8 Å². The standard InChI is InChI=1S/C23H27N7O.CH4.H2/c1-4-11-30(16-17(5-2)24-3)23-27-21(19-7-6-8-20-18(19)9-10-25-20)26-22(28-23)29-12-14-31-15-13-29;;/h2,6-10,16,24-25H,4,11-15H2,1,3H3;1H4;1H/b17-16-;;. The molecule has 8 nitrogen and oxygen atoms in total. The minimum absolute atomic E-state index is 0. The number of nitrogens with one attached hydrogen (secondary N) is 2. The zero-order chi connectivity index (χ0) is 21.6. The predicted octanol–water partition coefficient (Wildman–Crippen LogP) is 3.65. The van der Waals surface area contributed by atoms with Crippen molar-refractivity contribution >= 4 is 22.8 Å². The number of benzene rings is 1. The SMILES string of the molecule is C.C#C/C(=C/N(CCC)c1nc(-c2cccc3[nH]ccc23)nc(N2CCOCC2)n1)NC.[HH]. The van der Waals surface area contributed by atoms with Gasteiger partial charge in [-0.05, 0) is 18.6 Å². The van der Waals surface area contributed by atoms with Crippen molar-refractivity contribution in [2.45, 2.75) is 20.8 Å². The molecule has 0 amide bonds. The highest BCUT2D eigenvalue weighted by atomic mass is 16.5. The lowest BCUT2D eigenvalue weighted by atomic mass is 10.1. The second kappa shape index (κ2) is 10.6. The van der Waals surface area contributed by atoms with Gasteiger partial charge in [-0.2, -0.15) is 15.0 Å². The maximum absolute atomic E-state index is 5.64. The molecule has 1 aliphatic heterocycles. The molecule has 0 atom stereocenters. The number of hydrogen-bond acceptors (Lipinski definition) is 7. The monoisotopic (exact) mass is 435 g/mol. The Labute approximate surface area is 191 Å². The number of terminal acetylenes is 1. The maximum atomic E-state index is 5.64. The van der Waals surface area contributed by atoms with Gasteiger partial charge in [0.25, 0.3) is 0 Å². The summed E-state index contributed by atoms with van der Waals surface area (Å²) in [6.07, 6.45) is 10.4.